The Morgan fingerprint density at radius 3 is 2.50 bits per heavy atom. The number of amides is 1. The summed E-state index contributed by atoms with van der Waals surface area (Å²) in [6, 6.07) is 11.9. The fourth-order valence-electron chi connectivity index (χ4n) is 2.41. The molecule has 1 amide bonds. The second-order valence-corrected chi connectivity index (χ2v) is 6.35. The number of guanidine groups is 1. The highest BCUT2D eigenvalue weighted by Crippen LogP contribution is 2.14. The summed E-state index contributed by atoms with van der Waals surface area (Å²) in [4.78, 5) is 16.6. The summed E-state index contributed by atoms with van der Waals surface area (Å²) in [5.74, 6) is 0.194. The van der Waals surface area contributed by atoms with Crippen LogP contribution in [0.4, 0.5) is 4.39 Å². The van der Waals surface area contributed by atoms with Crippen LogP contribution in [0.25, 0.3) is 0 Å². The first kappa shape index (κ1) is 24.2. The molecular formula is C20H25ClFIN4O. The highest BCUT2D eigenvalue weighted by molar-refractivity contribution is 14.0. The maximum atomic E-state index is 13.3. The van der Waals surface area contributed by atoms with E-state index in [1.165, 1.54) is 6.07 Å². The van der Waals surface area contributed by atoms with Crippen LogP contribution >= 0.6 is 35.6 Å². The van der Waals surface area contributed by atoms with E-state index in [2.05, 4.69) is 20.9 Å². The van der Waals surface area contributed by atoms with Gasteiger partial charge in [0.25, 0.3) is 5.91 Å². The average molecular weight is 519 g/mol. The number of nitrogens with one attached hydrogen (secondary N) is 3. The number of hydrogen-bond donors (Lipinski definition) is 3. The molecule has 28 heavy (non-hydrogen) atoms. The highest BCUT2D eigenvalue weighted by Gasteiger charge is 2.08. The normalized spacial score (nSPS) is 10.8. The molecule has 2 aromatic carbocycles. The first-order chi connectivity index (χ1) is 13.0. The molecular weight excluding hydrogens is 494 g/mol. The van der Waals surface area contributed by atoms with Gasteiger partial charge in [-0.2, -0.15) is 0 Å². The molecule has 0 aliphatic carbocycles. The number of aliphatic imine (C=N–C) groups is 1. The summed E-state index contributed by atoms with van der Waals surface area (Å²) in [5, 5.41) is 9.53. The van der Waals surface area contributed by atoms with Crippen LogP contribution in [0, 0.1) is 12.7 Å². The monoisotopic (exact) mass is 518 g/mol. The zero-order valence-electron chi connectivity index (χ0n) is 15.9. The lowest BCUT2D eigenvalue weighted by Crippen LogP contribution is -2.41. The minimum Gasteiger partial charge on any atom is -0.357 e. The Hall–Kier alpha value is -1.87. The molecule has 0 aliphatic heterocycles. The zero-order chi connectivity index (χ0) is 19.6. The largest absolute Gasteiger partial charge is 0.357 e. The second kappa shape index (κ2) is 12.6. The van der Waals surface area contributed by atoms with E-state index in [9.17, 15) is 9.18 Å². The van der Waals surface area contributed by atoms with E-state index in [1.54, 1.807) is 43.3 Å². The second-order valence-electron chi connectivity index (χ2n) is 5.94. The van der Waals surface area contributed by atoms with Crippen LogP contribution in [0.3, 0.4) is 0 Å². The average Bonchev–Trinajstić information content (AvgIpc) is 2.66. The number of benzene rings is 2. The van der Waals surface area contributed by atoms with Gasteiger partial charge >= 0.3 is 0 Å². The summed E-state index contributed by atoms with van der Waals surface area (Å²) in [6.07, 6.45) is 0. The van der Waals surface area contributed by atoms with E-state index in [4.69, 9.17) is 11.6 Å². The third kappa shape index (κ3) is 7.63. The van der Waals surface area contributed by atoms with Gasteiger partial charge in [0.15, 0.2) is 5.96 Å². The molecule has 0 heterocycles. The van der Waals surface area contributed by atoms with E-state index < -0.39 is 0 Å². The number of nitrogens with zero attached hydrogens (tertiary/aromatic N) is 1. The Balaban J connectivity index is 0.00000392. The maximum Gasteiger partial charge on any atom is 0.252 e. The van der Waals surface area contributed by atoms with Crippen LogP contribution in [-0.4, -0.2) is 31.5 Å². The molecule has 0 unspecified atom stereocenters. The molecule has 0 saturated heterocycles. The summed E-state index contributed by atoms with van der Waals surface area (Å²) < 4.78 is 13.3. The van der Waals surface area contributed by atoms with Gasteiger partial charge in [-0.25, -0.2) is 9.38 Å². The molecule has 0 spiro atoms. The quantitative estimate of drug-likeness (QED) is 0.226. The van der Waals surface area contributed by atoms with Crippen molar-refractivity contribution in [3.8, 4) is 0 Å². The Kier molecular flexibility index (Phi) is 10.8. The Labute approximate surface area is 187 Å². The van der Waals surface area contributed by atoms with E-state index in [0.717, 1.165) is 5.56 Å². The van der Waals surface area contributed by atoms with Crippen LogP contribution in [0.15, 0.2) is 47.5 Å². The zero-order valence-corrected chi connectivity index (χ0v) is 19.0. The maximum absolute atomic E-state index is 13.3. The van der Waals surface area contributed by atoms with Crippen molar-refractivity contribution in [1.29, 1.82) is 0 Å². The van der Waals surface area contributed by atoms with Gasteiger partial charge in [0, 0.05) is 19.6 Å². The Bertz CT molecular complexity index is 817. The fourth-order valence-corrected chi connectivity index (χ4v) is 2.64. The van der Waals surface area contributed by atoms with E-state index >= 15 is 0 Å². The topological polar surface area (TPSA) is 65.5 Å². The predicted octanol–water partition coefficient (Wildman–Crippen LogP) is 3.89. The molecule has 152 valence electrons. The molecule has 3 N–H and O–H groups in total. The number of aryl methyl sites for hydroxylation is 1. The number of halogens is 3. The van der Waals surface area contributed by atoms with Crippen molar-refractivity contribution in [3.05, 3.63) is 70.0 Å². The number of hydrogen-bond acceptors (Lipinski definition) is 2. The van der Waals surface area contributed by atoms with Gasteiger partial charge in [0.1, 0.15) is 5.82 Å². The summed E-state index contributed by atoms with van der Waals surface area (Å²) in [6.45, 7) is 5.77. The van der Waals surface area contributed by atoms with Gasteiger partial charge in [-0.3, -0.25) is 4.79 Å². The van der Waals surface area contributed by atoms with Crippen molar-refractivity contribution in [3.63, 3.8) is 0 Å². The molecule has 2 rings (SSSR count). The lowest BCUT2D eigenvalue weighted by molar-refractivity contribution is 0.0954. The van der Waals surface area contributed by atoms with Crippen LogP contribution < -0.4 is 16.0 Å². The third-order valence-electron chi connectivity index (χ3n) is 3.81. The van der Waals surface area contributed by atoms with Gasteiger partial charge < -0.3 is 16.0 Å². The number of carbonyl (C=O) groups excluding carboxylic acids is 1. The standard InChI is InChI=1S/C20H24ClFN4O.HI/c1-3-23-20(26-13-15-8-9-18(22)14(2)12-15)25-11-10-24-19(27)16-6-4-5-7-17(16)21;/h4-9,12H,3,10-11,13H2,1-2H3,(H,24,27)(H2,23,25,26);1H. The smallest absolute Gasteiger partial charge is 0.252 e. The van der Waals surface area contributed by atoms with Gasteiger partial charge in [-0.1, -0.05) is 35.9 Å². The molecule has 0 fully saturated rings. The molecule has 0 saturated carbocycles. The van der Waals surface area contributed by atoms with Crippen LogP contribution in [-0.2, 0) is 6.54 Å². The number of rotatable bonds is 7. The van der Waals surface area contributed by atoms with E-state index in [1.807, 2.05) is 6.92 Å². The lowest BCUT2D eigenvalue weighted by Gasteiger charge is -2.12. The minimum absolute atomic E-state index is 0. The van der Waals surface area contributed by atoms with Crippen molar-refractivity contribution < 1.29 is 9.18 Å². The molecule has 0 aromatic heterocycles. The molecule has 5 nitrogen and oxygen atoms in total. The molecule has 0 radical (unpaired) electrons. The first-order valence-electron chi connectivity index (χ1n) is 8.81. The third-order valence-corrected chi connectivity index (χ3v) is 4.14. The molecule has 8 heteroatoms. The molecule has 2 aromatic rings. The lowest BCUT2D eigenvalue weighted by atomic mass is 10.1. The highest BCUT2D eigenvalue weighted by atomic mass is 127. The molecule has 0 bridgehead atoms. The van der Waals surface area contributed by atoms with Gasteiger partial charge in [0.2, 0.25) is 0 Å². The van der Waals surface area contributed by atoms with Crippen molar-refractivity contribution in [1.82, 2.24) is 16.0 Å². The van der Waals surface area contributed by atoms with E-state index in [-0.39, 0.29) is 35.7 Å². The first-order valence-corrected chi connectivity index (χ1v) is 9.19. The SMILES string of the molecule is CCNC(=NCc1ccc(F)c(C)c1)NCCNC(=O)c1ccccc1Cl.I. The minimum atomic E-state index is -0.220. The number of carbonyl (C=O) groups is 1. The predicted molar refractivity (Wildman–Crippen MR) is 123 cm³/mol. The van der Waals surface area contributed by atoms with Crippen molar-refractivity contribution in [2.24, 2.45) is 4.99 Å². The summed E-state index contributed by atoms with van der Waals surface area (Å²) in [5.41, 5.74) is 1.98. The summed E-state index contributed by atoms with van der Waals surface area (Å²) >= 11 is 6.01. The fraction of sp³-hybridized carbons (Fsp3) is 0.300. The van der Waals surface area contributed by atoms with Crippen LogP contribution in [0.5, 0.6) is 0 Å². The summed E-state index contributed by atoms with van der Waals surface area (Å²) in [7, 11) is 0. The molecule has 0 atom stereocenters. The molecule has 0 aliphatic rings. The van der Waals surface area contributed by atoms with Crippen molar-refractivity contribution >= 4 is 47.4 Å². The Morgan fingerprint density at radius 2 is 1.82 bits per heavy atom. The van der Waals surface area contributed by atoms with Gasteiger partial charge in [-0.15, -0.1) is 24.0 Å². The van der Waals surface area contributed by atoms with Crippen LogP contribution in [0.1, 0.15) is 28.4 Å². The van der Waals surface area contributed by atoms with Gasteiger partial charge in [-0.05, 0) is 43.2 Å². The van der Waals surface area contributed by atoms with Crippen molar-refractivity contribution in [2.75, 3.05) is 19.6 Å². The van der Waals surface area contributed by atoms with E-state index in [0.29, 0.717) is 48.3 Å². The van der Waals surface area contributed by atoms with Gasteiger partial charge in [0.05, 0.1) is 17.1 Å². The van der Waals surface area contributed by atoms with Crippen LogP contribution in [0.2, 0.25) is 5.02 Å². The van der Waals surface area contributed by atoms with Crippen molar-refractivity contribution in [2.45, 2.75) is 20.4 Å². The Morgan fingerprint density at radius 1 is 1.11 bits per heavy atom.